The monoisotopic (exact) mass is 384 g/mol. The van der Waals surface area contributed by atoms with Gasteiger partial charge in [0.2, 0.25) is 0 Å². The first kappa shape index (κ1) is 18.3. The zero-order valence-corrected chi connectivity index (χ0v) is 15.3. The lowest BCUT2D eigenvalue weighted by molar-refractivity contribution is -0.384. The van der Waals surface area contributed by atoms with E-state index in [1.165, 1.54) is 24.3 Å². The molecule has 3 aromatic carbocycles. The van der Waals surface area contributed by atoms with Crippen molar-refractivity contribution in [2.24, 2.45) is 0 Å². The number of pyridine rings is 1. The third-order valence-electron chi connectivity index (χ3n) is 4.57. The van der Waals surface area contributed by atoms with E-state index in [1.807, 2.05) is 60.7 Å². The SMILES string of the molecule is O=C(O[C@@H](c1ccccc1)c1nccc2ccccc12)c1cccc([N+](=O)[O-])c1. The summed E-state index contributed by atoms with van der Waals surface area (Å²) >= 11 is 0. The predicted octanol–water partition coefficient (Wildman–Crippen LogP) is 5.09. The number of nitro benzene ring substituents is 1. The van der Waals surface area contributed by atoms with Crippen LogP contribution in [0.4, 0.5) is 5.69 Å². The van der Waals surface area contributed by atoms with Crippen molar-refractivity contribution in [2.45, 2.75) is 6.10 Å². The highest BCUT2D eigenvalue weighted by Crippen LogP contribution is 2.31. The Morgan fingerprint density at radius 3 is 2.48 bits per heavy atom. The number of esters is 1. The number of rotatable bonds is 5. The quantitative estimate of drug-likeness (QED) is 0.272. The zero-order valence-electron chi connectivity index (χ0n) is 15.3. The van der Waals surface area contributed by atoms with Crippen LogP contribution < -0.4 is 0 Å². The molecule has 4 rings (SSSR count). The first-order chi connectivity index (χ1) is 14.1. The molecule has 0 aliphatic carbocycles. The van der Waals surface area contributed by atoms with Crippen molar-refractivity contribution < 1.29 is 14.5 Å². The van der Waals surface area contributed by atoms with Crippen LogP contribution in [0.5, 0.6) is 0 Å². The highest BCUT2D eigenvalue weighted by atomic mass is 16.6. The van der Waals surface area contributed by atoms with Crippen molar-refractivity contribution in [1.82, 2.24) is 4.98 Å². The van der Waals surface area contributed by atoms with Crippen LogP contribution in [0.3, 0.4) is 0 Å². The Hall–Kier alpha value is -4.06. The molecular weight excluding hydrogens is 368 g/mol. The van der Waals surface area contributed by atoms with Crippen LogP contribution in [0.1, 0.15) is 27.7 Å². The van der Waals surface area contributed by atoms with E-state index in [1.54, 1.807) is 6.20 Å². The van der Waals surface area contributed by atoms with E-state index in [9.17, 15) is 14.9 Å². The molecule has 4 aromatic rings. The molecule has 0 N–H and O–H groups in total. The normalized spacial score (nSPS) is 11.7. The minimum atomic E-state index is -0.755. The maximum Gasteiger partial charge on any atom is 0.339 e. The second-order valence-corrected chi connectivity index (χ2v) is 6.42. The van der Waals surface area contributed by atoms with Gasteiger partial charge >= 0.3 is 5.97 Å². The molecule has 0 saturated heterocycles. The number of hydrogen-bond donors (Lipinski definition) is 0. The molecule has 0 aliphatic heterocycles. The van der Waals surface area contributed by atoms with E-state index in [0.29, 0.717) is 5.69 Å². The fourth-order valence-electron chi connectivity index (χ4n) is 3.18. The molecule has 29 heavy (non-hydrogen) atoms. The molecule has 0 bridgehead atoms. The predicted molar refractivity (Wildman–Crippen MR) is 109 cm³/mol. The van der Waals surface area contributed by atoms with Gasteiger partial charge in [0.05, 0.1) is 16.2 Å². The van der Waals surface area contributed by atoms with Crippen LogP contribution in [-0.2, 0) is 4.74 Å². The van der Waals surface area contributed by atoms with Gasteiger partial charge in [0.15, 0.2) is 6.10 Å². The lowest BCUT2D eigenvalue weighted by Crippen LogP contribution is -2.14. The van der Waals surface area contributed by atoms with Crippen LogP contribution in [0.25, 0.3) is 10.8 Å². The van der Waals surface area contributed by atoms with Crippen molar-refractivity contribution in [2.75, 3.05) is 0 Å². The Bertz CT molecular complexity index is 1190. The van der Waals surface area contributed by atoms with E-state index in [0.717, 1.165) is 16.3 Å². The molecule has 0 fully saturated rings. The van der Waals surface area contributed by atoms with E-state index in [2.05, 4.69) is 4.98 Å². The molecule has 0 radical (unpaired) electrons. The third kappa shape index (κ3) is 3.82. The third-order valence-corrected chi connectivity index (χ3v) is 4.57. The highest BCUT2D eigenvalue weighted by Gasteiger charge is 2.24. The maximum absolute atomic E-state index is 12.8. The fraction of sp³-hybridized carbons (Fsp3) is 0.0435. The smallest absolute Gasteiger partial charge is 0.339 e. The molecule has 1 heterocycles. The summed E-state index contributed by atoms with van der Waals surface area (Å²) in [5.41, 5.74) is 1.31. The van der Waals surface area contributed by atoms with E-state index in [4.69, 9.17) is 4.74 Å². The first-order valence-corrected chi connectivity index (χ1v) is 8.97. The molecule has 0 unspecified atom stereocenters. The Kier molecular flexibility index (Phi) is 4.99. The zero-order chi connectivity index (χ0) is 20.2. The second kappa shape index (κ2) is 7.90. The minimum absolute atomic E-state index is 0.111. The lowest BCUT2D eigenvalue weighted by Gasteiger charge is -2.19. The summed E-state index contributed by atoms with van der Waals surface area (Å²) in [6, 6.07) is 24.4. The van der Waals surface area contributed by atoms with Gasteiger partial charge in [0.25, 0.3) is 5.69 Å². The van der Waals surface area contributed by atoms with E-state index in [-0.39, 0.29) is 11.3 Å². The number of hydrogen-bond acceptors (Lipinski definition) is 5. The Morgan fingerprint density at radius 1 is 0.931 bits per heavy atom. The van der Waals surface area contributed by atoms with Crippen LogP contribution in [0.15, 0.2) is 91.1 Å². The number of carbonyl (C=O) groups excluding carboxylic acids is 1. The molecule has 142 valence electrons. The van der Waals surface area contributed by atoms with E-state index < -0.39 is 17.0 Å². The molecule has 0 saturated carbocycles. The van der Waals surface area contributed by atoms with Gasteiger partial charge in [-0.1, -0.05) is 60.7 Å². The van der Waals surface area contributed by atoms with Gasteiger partial charge in [-0.3, -0.25) is 15.1 Å². The average molecular weight is 384 g/mol. The molecule has 0 aliphatic rings. The highest BCUT2D eigenvalue weighted by molar-refractivity contribution is 5.91. The maximum atomic E-state index is 12.8. The number of aromatic nitrogens is 1. The first-order valence-electron chi connectivity index (χ1n) is 8.97. The molecule has 6 nitrogen and oxygen atoms in total. The standard InChI is InChI=1S/C23H16N2O4/c26-23(18-10-6-11-19(15-18)25(27)28)29-22(17-8-2-1-3-9-17)21-20-12-5-4-7-16(20)13-14-24-21/h1-15,22H/t22-/m0/s1. The van der Waals surface area contributed by atoms with Gasteiger partial charge in [0, 0.05) is 23.7 Å². The van der Waals surface area contributed by atoms with Crippen molar-refractivity contribution in [3.63, 3.8) is 0 Å². The molecule has 0 spiro atoms. The number of carbonyl (C=O) groups is 1. The number of benzene rings is 3. The summed E-state index contributed by atoms with van der Waals surface area (Å²) < 4.78 is 5.83. The molecule has 1 aromatic heterocycles. The van der Waals surface area contributed by atoms with Gasteiger partial charge < -0.3 is 4.74 Å². The lowest BCUT2D eigenvalue weighted by atomic mass is 10.0. The van der Waals surface area contributed by atoms with Crippen molar-refractivity contribution in [1.29, 1.82) is 0 Å². The molecular formula is C23H16N2O4. The Labute approximate surface area is 166 Å². The average Bonchev–Trinajstić information content (AvgIpc) is 2.77. The summed E-state index contributed by atoms with van der Waals surface area (Å²) in [5, 5.41) is 12.9. The van der Waals surface area contributed by atoms with Gasteiger partial charge in [-0.15, -0.1) is 0 Å². The number of fused-ring (bicyclic) bond motifs is 1. The summed E-state index contributed by atoms with van der Waals surface area (Å²) in [6.45, 7) is 0. The number of nitro groups is 1. The summed E-state index contributed by atoms with van der Waals surface area (Å²) in [6.07, 6.45) is 0.920. The number of non-ortho nitro benzene ring substituents is 1. The molecule has 6 heteroatoms. The van der Waals surface area contributed by atoms with Crippen LogP contribution in [0.2, 0.25) is 0 Å². The fourth-order valence-corrected chi connectivity index (χ4v) is 3.18. The number of ether oxygens (including phenoxy) is 1. The molecule has 0 amide bonds. The van der Waals surface area contributed by atoms with Crippen LogP contribution in [-0.4, -0.2) is 15.9 Å². The second-order valence-electron chi connectivity index (χ2n) is 6.42. The van der Waals surface area contributed by atoms with Crippen LogP contribution >= 0.6 is 0 Å². The Balaban J connectivity index is 1.77. The number of nitrogens with zero attached hydrogens (tertiary/aromatic N) is 2. The largest absolute Gasteiger partial charge is 0.447 e. The Morgan fingerprint density at radius 2 is 1.69 bits per heavy atom. The summed E-state index contributed by atoms with van der Waals surface area (Å²) in [5.74, 6) is -0.655. The van der Waals surface area contributed by atoms with Crippen molar-refractivity contribution in [3.8, 4) is 0 Å². The topological polar surface area (TPSA) is 82.3 Å². The van der Waals surface area contributed by atoms with Gasteiger partial charge in [0.1, 0.15) is 0 Å². The van der Waals surface area contributed by atoms with Crippen molar-refractivity contribution in [3.05, 3.63) is 118 Å². The van der Waals surface area contributed by atoms with Gasteiger partial charge in [-0.05, 0) is 23.1 Å². The van der Waals surface area contributed by atoms with E-state index >= 15 is 0 Å². The van der Waals surface area contributed by atoms with Gasteiger partial charge in [-0.2, -0.15) is 0 Å². The summed E-state index contributed by atoms with van der Waals surface area (Å²) in [4.78, 5) is 27.8. The van der Waals surface area contributed by atoms with Crippen molar-refractivity contribution >= 4 is 22.4 Å². The summed E-state index contributed by atoms with van der Waals surface area (Å²) in [7, 11) is 0. The van der Waals surface area contributed by atoms with Crippen LogP contribution in [0, 0.1) is 10.1 Å². The minimum Gasteiger partial charge on any atom is -0.447 e. The molecule has 1 atom stereocenters. The van der Waals surface area contributed by atoms with Gasteiger partial charge in [-0.25, -0.2) is 4.79 Å².